The summed E-state index contributed by atoms with van der Waals surface area (Å²) < 4.78 is 10.7. The van der Waals surface area contributed by atoms with Gasteiger partial charge < -0.3 is 25.4 Å². The van der Waals surface area contributed by atoms with E-state index >= 15 is 0 Å². The normalized spacial score (nSPS) is 16.0. The van der Waals surface area contributed by atoms with Gasteiger partial charge in [-0.15, -0.1) is 0 Å². The Labute approximate surface area is 170 Å². The predicted molar refractivity (Wildman–Crippen MR) is 111 cm³/mol. The number of hydrogen-bond acceptors (Lipinski definition) is 4. The fourth-order valence-corrected chi connectivity index (χ4v) is 3.36. The van der Waals surface area contributed by atoms with E-state index in [4.69, 9.17) is 9.47 Å². The molecule has 3 N–H and O–H groups in total. The van der Waals surface area contributed by atoms with Crippen LogP contribution in [0.3, 0.4) is 0 Å². The van der Waals surface area contributed by atoms with E-state index in [0.29, 0.717) is 28.3 Å². The molecule has 0 bridgehead atoms. The fourth-order valence-electron chi connectivity index (χ4n) is 3.36. The first-order valence-corrected chi connectivity index (χ1v) is 9.23. The third-order valence-electron chi connectivity index (χ3n) is 5.12. The summed E-state index contributed by atoms with van der Waals surface area (Å²) in [5, 5.41) is 8.49. The number of aryl methyl sites for hydroxylation is 1. The van der Waals surface area contributed by atoms with Crippen LogP contribution in [0.1, 0.15) is 29.7 Å². The number of methoxy groups -OCH3 is 2. The molecular formula is C22H25N3O4. The zero-order valence-electron chi connectivity index (χ0n) is 17.2. The average molecular weight is 395 g/mol. The Bertz CT molecular complexity index is 998. The molecule has 0 saturated heterocycles. The Hall–Kier alpha value is -3.48. The van der Waals surface area contributed by atoms with Crippen molar-refractivity contribution in [2.45, 2.75) is 26.8 Å². The van der Waals surface area contributed by atoms with E-state index in [2.05, 4.69) is 16.0 Å². The van der Waals surface area contributed by atoms with E-state index in [9.17, 15) is 9.59 Å². The van der Waals surface area contributed by atoms with Gasteiger partial charge in [0.15, 0.2) is 0 Å². The lowest BCUT2D eigenvalue weighted by Crippen LogP contribution is -2.46. The molecule has 0 radical (unpaired) electrons. The second-order valence-corrected chi connectivity index (χ2v) is 6.88. The number of allylic oxidation sites excluding steroid dienone is 1. The molecule has 1 aliphatic rings. The van der Waals surface area contributed by atoms with Gasteiger partial charge in [0.05, 0.1) is 25.8 Å². The van der Waals surface area contributed by atoms with Crippen molar-refractivity contribution in [3.8, 4) is 11.5 Å². The zero-order valence-corrected chi connectivity index (χ0v) is 17.2. The molecule has 3 amide bonds. The van der Waals surface area contributed by atoms with Crippen LogP contribution in [0.4, 0.5) is 10.5 Å². The lowest BCUT2D eigenvalue weighted by Gasteiger charge is -2.29. The summed E-state index contributed by atoms with van der Waals surface area (Å²) in [5.41, 5.74) is 4.36. The van der Waals surface area contributed by atoms with Crippen LogP contribution in [0.2, 0.25) is 0 Å². The molecule has 0 aromatic heterocycles. The minimum atomic E-state index is -0.672. The van der Waals surface area contributed by atoms with Crippen molar-refractivity contribution in [2.75, 3.05) is 19.5 Å². The molecule has 0 saturated carbocycles. The van der Waals surface area contributed by atoms with Crippen LogP contribution in [-0.4, -0.2) is 26.2 Å². The Morgan fingerprint density at radius 2 is 1.83 bits per heavy atom. The van der Waals surface area contributed by atoms with Gasteiger partial charge in [0.25, 0.3) is 5.91 Å². The molecule has 1 aliphatic heterocycles. The zero-order chi connectivity index (χ0) is 21.1. The average Bonchev–Trinajstić information content (AvgIpc) is 2.70. The highest BCUT2D eigenvalue weighted by atomic mass is 16.5. The smallest absolute Gasteiger partial charge is 0.319 e. The summed E-state index contributed by atoms with van der Waals surface area (Å²) in [5.74, 6) is 0.834. The van der Waals surface area contributed by atoms with Gasteiger partial charge in [0.1, 0.15) is 11.5 Å². The molecule has 7 heteroatoms. The lowest BCUT2D eigenvalue weighted by molar-refractivity contribution is -0.113. The first-order valence-electron chi connectivity index (χ1n) is 9.23. The maximum atomic E-state index is 13.2. The number of benzene rings is 2. The van der Waals surface area contributed by atoms with E-state index < -0.39 is 6.04 Å². The van der Waals surface area contributed by atoms with Gasteiger partial charge in [-0.25, -0.2) is 4.79 Å². The third-order valence-corrected chi connectivity index (χ3v) is 5.12. The van der Waals surface area contributed by atoms with E-state index in [1.807, 2.05) is 32.0 Å². The number of amides is 3. The van der Waals surface area contributed by atoms with Crippen LogP contribution >= 0.6 is 0 Å². The molecule has 152 valence electrons. The van der Waals surface area contributed by atoms with Crippen molar-refractivity contribution < 1.29 is 19.1 Å². The van der Waals surface area contributed by atoms with Gasteiger partial charge in [0, 0.05) is 23.0 Å². The molecule has 1 atom stereocenters. The minimum absolute atomic E-state index is 0.299. The number of urea groups is 1. The fraction of sp³-hybridized carbons (Fsp3) is 0.273. The minimum Gasteiger partial charge on any atom is -0.497 e. The summed E-state index contributed by atoms with van der Waals surface area (Å²) >= 11 is 0. The number of carbonyl (C=O) groups excluding carboxylic acids is 2. The van der Waals surface area contributed by atoms with Crippen LogP contribution in [0.25, 0.3) is 0 Å². The predicted octanol–water partition coefficient (Wildman–Crippen LogP) is 3.59. The van der Waals surface area contributed by atoms with Crippen molar-refractivity contribution in [2.24, 2.45) is 0 Å². The second-order valence-electron chi connectivity index (χ2n) is 6.88. The van der Waals surface area contributed by atoms with Gasteiger partial charge in [-0.2, -0.15) is 0 Å². The summed E-state index contributed by atoms with van der Waals surface area (Å²) in [6.07, 6.45) is 0. The molecule has 0 fully saturated rings. The van der Waals surface area contributed by atoms with E-state index in [1.165, 1.54) is 7.11 Å². The van der Waals surface area contributed by atoms with Crippen molar-refractivity contribution in [3.63, 3.8) is 0 Å². The van der Waals surface area contributed by atoms with Crippen LogP contribution in [0.5, 0.6) is 11.5 Å². The molecule has 2 aromatic carbocycles. The van der Waals surface area contributed by atoms with Crippen LogP contribution in [0.15, 0.2) is 47.7 Å². The highest BCUT2D eigenvalue weighted by Gasteiger charge is 2.33. The summed E-state index contributed by atoms with van der Waals surface area (Å²) in [6, 6.07) is 9.96. The first kappa shape index (κ1) is 20.3. The van der Waals surface area contributed by atoms with E-state index in [0.717, 1.165) is 16.8 Å². The lowest BCUT2D eigenvalue weighted by atomic mass is 9.93. The molecule has 0 spiro atoms. The van der Waals surface area contributed by atoms with Crippen LogP contribution < -0.4 is 25.4 Å². The SMILES string of the molecule is COc1ccc([C@@H]2NC(=O)NC(C)=C2C(=O)Nc2cccc(C)c2C)c(OC)c1. The van der Waals surface area contributed by atoms with Crippen LogP contribution in [0, 0.1) is 13.8 Å². The summed E-state index contributed by atoms with van der Waals surface area (Å²) in [4.78, 5) is 25.4. The Kier molecular flexibility index (Phi) is 5.77. The second kappa shape index (κ2) is 8.26. The number of hydrogen-bond donors (Lipinski definition) is 3. The Balaban J connectivity index is 2.02. The molecule has 1 heterocycles. The van der Waals surface area contributed by atoms with Crippen molar-refractivity contribution in [1.29, 1.82) is 0 Å². The van der Waals surface area contributed by atoms with E-state index in [1.54, 1.807) is 32.2 Å². The molecule has 7 nitrogen and oxygen atoms in total. The van der Waals surface area contributed by atoms with Crippen molar-refractivity contribution in [1.82, 2.24) is 10.6 Å². The summed E-state index contributed by atoms with van der Waals surface area (Å²) in [7, 11) is 3.10. The van der Waals surface area contributed by atoms with Gasteiger partial charge in [-0.3, -0.25) is 4.79 Å². The largest absolute Gasteiger partial charge is 0.497 e. The standard InChI is InChI=1S/C22H25N3O4/c1-12-7-6-8-17(13(12)2)24-21(26)19-14(3)23-22(27)25-20(19)16-10-9-15(28-4)11-18(16)29-5/h6-11,20H,1-5H3,(H,24,26)(H2,23,25,27)/t20-/m0/s1. The number of anilines is 1. The topological polar surface area (TPSA) is 88.7 Å². The Morgan fingerprint density at radius 3 is 2.52 bits per heavy atom. The van der Waals surface area contributed by atoms with Gasteiger partial charge in [-0.1, -0.05) is 12.1 Å². The highest BCUT2D eigenvalue weighted by molar-refractivity contribution is 6.07. The Morgan fingerprint density at radius 1 is 1.07 bits per heavy atom. The number of nitrogens with one attached hydrogen (secondary N) is 3. The van der Waals surface area contributed by atoms with Crippen molar-refractivity contribution >= 4 is 17.6 Å². The molecule has 0 aliphatic carbocycles. The van der Waals surface area contributed by atoms with Gasteiger partial charge in [-0.05, 0) is 50.1 Å². The first-order chi connectivity index (χ1) is 13.8. The quantitative estimate of drug-likeness (QED) is 0.722. The number of rotatable bonds is 5. The monoisotopic (exact) mass is 395 g/mol. The van der Waals surface area contributed by atoms with Crippen LogP contribution in [-0.2, 0) is 4.79 Å². The van der Waals surface area contributed by atoms with Gasteiger partial charge >= 0.3 is 6.03 Å². The van der Waals surface area contributed by atoms with E-state index in [-0.39, 0.29) is 11.9 Å². The number of carbonyl (C=O) groups is 2. The van der Waals surface area contributed by atoms with Gasteiger partial charge in [0.2, 0.25) is 0 Å². The third kappa shape index (κ3) is 4.03. The highest BCUT2D eigenvalue weighted by Crippen LogP contribution is 2.36. The molecule has 3 rings (SSSR count). The van der Waals surface area contributed by atoms with Crippen molar-refractivity contribution in [3.05, 3.63) is 64.4 Å². The molecule has 2 aromatic rings. The number of ether oxygens (including phenoxy) is 2. The maximum Gasteiger partial charge on any atom is 0.319 e. The summed E-state index contributed by atoms with van der Waals surface area (Å²) in [6.45, 7) is 5.65. The molecular weight excluding hydrogens is 370 g/mol. The molecule has 29 heavy (non-hydrogen) atoms. The maximum absolute atomic E-state index is 13.2. The molecule has 0 unspecified atom stereocenters.